The van der Waals surface area contributed by atoms with Crippen LogP contribution in [0.25, 0.3) is 0 Å². The third-order valence-electron chi connectivity index (χ3n) is 5.07. The Bertz CT molecular complexity index is 838. The van der Waals surface area contributed by atoms with Gasteiger partial charge in [-0.1, -0.05) is 37.2 Å². The zero-order valence-electron chi connectivity index (χ0n) is 16.2. The average Bonchev–Trinajstić information content (AvgIpc) is 3.30. The van der Waals surface area contributed by atoms with Crippen molar-refractivity contribution in [3.8, 4) is 0 Å². The van der Waals surface area contributed by atoms with Crippen molar-refractivity contribution in [1.29, 1.82) is 0 Å². The molecule has 1 saturated carbocycles. The third-order valence-corrected chi connectivity index (χ3v) is 5.07. The van der Waals surface area contributed by atoms with E-state index < -0.39 is 11.7 Å². The fraction of sp³-hybridized carbons (Fsp3) is 0.500. The van der Waals surface area contributed by atoms with Crippen LogP contribution in [0.5, 0.6) is 0 Å². The predicted molar refractivity (Wildman–Crippen MR) is 101 cm³/mol. The summed E-state index contributed by atoms with van der Waals surface area (Å²) in [6, 6.07) is 7.50. The van der Waals surface area contributed by atoms with E-state index in [2.05, 4.69) is 20.8 Å². The first-order chi connectivity index (χ1) is 13.2. The van der Waals surface area contributed by atoms with Gasteiger partial charge in [0.1, 0.15) is 0 Å². The summed E-state index contributed by atoms with van der Waals surface area (Å²) >= 11 is 0. The first-order valence-electron chi connectivity index (χ1n) is 9.31. The molecule has 0 spiro atoms. The summed E-state index contributed by atoms with van der Waals surface area (Å²) in [7, 11) is 1.65. The van der Waals surface area contributed by atoms with Gasteiger partial charge >= 0.3 is 6.18 Å². The SMILES string of the molecule is CN=C(NCc1cc(C(C)C)no1)NCC1(c2cccc(C(F)(F)F)c2)CC1. The second-order valence-electron chi connectivity index (χ2n) is 7.51. The monoisotopic (exact) mass is 394 g/mol. The van der Waals surface area contributed by atoms with Gasteiger partial charge in [0.05, 0.1) is 17.8 Å². The van der Waals surface area contributed by atoms with Gasteiger partial charge in [-0.3, -0.25) is 4.99 Å². The molecule has 1 heterocycles. The fourth-order valence-electron chi connectivity index (χ4n) is 3.07. The Morgan fingerprint density at radius 1 is 1.25 bits per heavy atom. The summed E-state index contributed by atoms with van der Waals surface area (Å²) in [5.74, 6) is 1.56. The second kappa shape index (κ2) is 7.85. The lowest BCUT2D eigenvalue weighted by Gasteiger charge is -2.20. The highest BCUT2D eigenvalue weighted by Gasteiger charge is 2.45. The van der Waals surface area contributed by atoms with Crippen LogP contribution in [0.3, 0.4) is 0 Å². The normalized spacial score (nSPS) is 16.3. The van der Waals surface area contributed by atoms with Gasteiger partial charge in [0, 0.05) is 25.1 Å². The standard InChI is InChI=1S/C20H25F3N4O/c1-13(2)17-10-16(28-27-17)11-25-18(24-3)26-12-19(7-8-19)14-5-4-6-15(9-14)20(21,22)23/h4-6,9-10,13H,7-8,11-12H2,1-3H3,(H2,24,25,26). The lowest BCUT2D eigenvalue weighted by atomic mass is 9.94. The lowest BCUT2D eigenvalue weighted by molar-refractivity contribution is -0.137. The van der Waals surface area contributed by atoms with Crippen molar-refractivity contribution >= 4 is 5.96 Å². The molecule has 3 rings (SSSR count). The van der Waals surface area contributed by atoms with Gasteiger partial charge in [-0.2, -0.15) is 13.2 Å². The van der Waals surface area contributed by atoms with Crippen molar-refractivity contribution < 1.29 is 17.7 Å². The molecule has 1 fully saturated rings. The molecule has 2 N–H and O–H groups in total. The molecular weight excluding hydrogens is 369 g/mol. The molecule has 2 aromatic rings. The van der Waals surface area contributed by atoms with Crippen molar-refractivity contribution in [2.75, 3.05) is 13.6 Å². The molecule has 152 valence electrons. The third kappa shape index (κ3) is 4.66. The molecule has 1 aromatic carbocycles. The van der Waals surface area contributed by atoms with Gasteiger partial charge < -0.3 is 15.2 Å². The van der Waals surface area contributed by atoms with Gasteiger partial charge in [0.25, 0.3) is 0 Å². The summed E-state index contributed by atoms with van der Waals surface area (Å²) < 4.78 is 44.3. The van der Waals surface area contributed by atoms with E-state index in [-0.39, 0.29) is 11.3 Å². The average molecular weight is 394 g/mol. The molecule has 0 aliphatic heterocycles. The Morgan fingerprint density at radius 3 is 2.57 bits per heavy atom. The van der Waals surface area contributed by atoms with E-state index in [1.165, 1.54) is 12.1 Å². The first-order valence-corrected chi connectivity index (χ1v) is 9.31. The maximum absolute atomic E-state index is 13.0. The second-order valence-corrected chi connectivity index (χ2v) is 7.51. The molecule has 0 radical (unpaired) electrons. The van der Waals surface area contributed by atoms with Gasteiger partial charge in [-0.05, 0) is 30.4 Å². The molecule has 0 amide bonds. The summed E-state index contributed by atoms with van der Waals surface area (Å²) in [4.78, 5) is 4.18. The number of hydrogen-bond donors (Lipinski definition) is 2. The topological polar surface area (TPSA) is 62.5 Å². The molecule has 5 nitrogen and oxygen atoms in total. The Morgan fingerprint density at radius 2 is 2.00 bits per heavy atom. The molecular formula is C20H25F3N4O. The Labute approximate surface area is 162 Å². The van der Waals surface area contributed by atoms with Crippen LogP contribution in [0.4, 0.5) is 13.2 Å². The van der Waals surface area contributed by atoms with Crippen molar-refractivity contribution in [3.05, 3.63) is 52.9 Å². The van der Waals surface area contributed by atoms with Crippen LogP contribution < -0.4 is 10.6 Å². The van der Waals surface area contributed by atoms with Gasteiger partial charge in [-0.25, -0.2) is 0 Å². The van der Waals surface area contributed by atoms with Crippen molar-refractivity contribution in [1.82, 2.24) is 15.8 Å². The molecule has 0 bridgehead atoms. The van der Waals surface area contributed by atoms with Crippen molar-refractivity contribution in [3.63, 3.8) is 0 Å². The van der Waals surface area contributed by atoms with Crippen molar-refractivity contribution in [2.24, 2.45) is 4.99 Å². The number of halogens is 3. The molecule has 0 atom stereocenters. The summed E-state index contributed by atoms with van der Waals surface area (Å²) in [5, 5.41) is 10.4. The van der Waals surface area contributed by atoms with Crippen LogP contribution in [-0.2, 0) is 18.1 Å². The van der Waals surface area contributed by atoms with Crippen LogP contribution >= 0.6 is 0 Å². The first kappa shape index (κ1) is 20.2. The molecule has 8 heteroatoms. The molecule has 1 aromatic heterocycles. The molecule has 1 aliphatic rings. The predicted octanol–water partition coefficient (Wildman–Crippen LogP) is 4.21. The van der Waals surface area contributed by atoms with Gasteiger partial charge in [0.2, 0.25) is 0 Å². The van der Waals surface area contributed by atoms with Crippen LogP contribution in [0, 0.1) is 0 Å². The summed E-state index contributed by atoms with van der Waals surface area (Å²) in [6.45, 7) is 5.02. The Balaban J connectivity index is 1.59. The highest BCUT2D eigenvalue weighted by Crippen LogP contribution is 2.48. The van der Waals surface area contributed by atoms with Crippen LogP contribution in [0.1, 0.15) is 55.2 Å². The number of hydrogen-bond acceptors (Lipinski definition) is 3. The van der Waals surface area contributed by atoms with E-state index >= 15 is 0 Å². The van der Waals surface area contributed by atoms with E-state index in [4.69, 9.17) is 4.52 Å². The van der Waals surface area contributed by atoms with E-state index in [9.17, 15) is 13.2 Å². The van der Waals surface area contributed by atoms with Gasteiger partial charge in [-0.15, -0.1) is 0 Å². The fourth-order valence-corrected chi connectivity index (χ4v) is 3.07. The number of aliphatic imine (C=N–C) groups is 1. The smallest absolute Gasteiger partial charge is 0.359 e. The number of guanidine groups is 1. The van der Waals surface area contributed by atoms with E-state index in [0.29, 0.717) is 30.4 Å². The number of alkyl halides is 3. The highest BCUT2D eigenvalue weighted by atomic mass is 19.4. The van der Waals surface area contributed by atoms with Crippen molar-refractivity contribution in [2.45, 2.75) is 50.7 Å². The lowest BCUT2D eigenvalue weighted by Crippen LogP contribution is -2.40. The molecule has 0 saturated heterocycles. The molecule has 0 unspecified atom stereocenters. The number of aromatic nitrogens is 1. The number of rotatable bonds is 6. The Hall–Kier alpha value is -2.51. The van der Waals surface area contributed by atoms with Crippen LogP contribution in [0.2, 0.25) is 0 Å². The minimum absolute atomic E-state index is 0.282. The largest absolute Gasteiger partial charge is 0.416 e. The zero-order valence-corrected chi connectivity index (χ0v) is 16.2. The van der Waals surface area contributed by atoms with Crippen LogP contribution in [0.15, 0.2) is 39.8 Å². The minimum atomic E-state index is -4.33. The van der Waals surface area contributed by atoms with Gasteiger partial charge in [0.15, 0.2) is 11.7 Å². The van der Waals surface area contributed by atoms with E-state index in [0.717, 1.165) is 24.6 Å². The zero-order chi connectivity index (χ0) is 20.4. The molecule has 28 heavy (non-hydrogen) atoms. The Kier molecular flexibility index (Phi) is 5.67. The minimum Gasteiger partial charge on any atom is -0.359 e. The van der Waals surface area contributed by atoms with E-state index in [1.54, 1.807) is 13.1 Å². The number of nitrogens with one attached hydrogen (secondary N) is 2. The highest BCUT2D eigenvalue weighted by molar-refractivity contribution is 5.79. The maximum atomic E-state index is 13.0. The van der Waals surface area contributed by atoms with Crippen LogP contribution in [-0.4, -0.2) is 24.7 Å². The van der Waals surface area contributed by atoms with E-state index in [1.807, 2.05) is 19.9 Å². The quantitative estimate of drug-likeness (QED) is 0.569. The number of benzene rings is 1. The summed E-state index contributed by atoms with van der Waals surface area (Å²) in [6.07, 6.45) is -2.64. The summed E-state index contributed by atoms with van der Waals surface area (Å²) in [5.41, 5.74) is 0.712. The molecule has 1 aliphatic carbocycles. The number of nitrogens with zero attached hydrogens (tertiary/aromatic N) is 2. The maximum Gasteiger partial charge on any atom is 0.416 e.